The summed E-state index contributed by atoms with van der Waals surface area (Å²) < 4.78 is 60.1. The third-order valence-corrected chi connectivity index (χ3v) is 3.10. The van der Waals surface area contributed by atoms with Crippen molar-refractivity contribution in [3.63, 3.8) is 0 Å². The van der Waals surface area contributed by atoms with E-state index in [4.69, 9.17) is 22.1 Å². The number of hydrogen-bond acceptors (Lipinski definition) is 3. The zero-order valence-electron chi connectivity index (χ0n) is 12.1. The number of ether oxygens (including phenoxy) is 2. The zero-order chi connectivity index (χ0) is 17.0. The molecule has 132 valence electrons. The van der Waals surface area contributed by atoms with Crippen molar-refractivity contribution in [3.8, 4) is 22.6 Å². The molecule has 2 N–H and O–H groups in total. The molecule has 2 aromatic carbocycles. The number of nitrogens with two attached hydrogens (primary N) is 1. The summed E-state index contributed by atoms with van der Waals surface area (Å²) in [6, 6.07) is 7.82. The van der Waals surface area contributed by atoms with Crippen molar-refractivity contribution in [2.75, 3.05) is 13.2 Å². The van der Waals surface area contributed by atoms with Crippen molar-refractivity contribution in [2.45, 2.75) is 6.36 Å². The maximum absolute atomic E-state index is 13.5. The van der Waals surface area contributed by atoms with Gasteiger partial charge in [0.05, 0.1) is 5.02 Å². The highest BCUT2D eigenvalue weighted by atomic mass is 35.5. The maximum atomic E-state index is 13.5. The van der Waals surface area contributed by atoms with Gasteiger partial charge >= 0.3 is 6.36 Å². The molecule has 0 saturated heterocycles. The van der Waals surface area contributed by atoms with Crippen molar-refractivity contribution in [2.24, 2.45) is 5.73 Å². The molecular formula is C15H13Cl2F4NO2. The first-order valence-electron chi connectivity index (χ1n) is 6.48. The van der Waals surface area contributed by atoms with Crippen LogP contribution in [0, 0.1) is 5.82 Å². The molecule has 3 nitrogen and oxygen atoms in total. The summed E-state index contributed by atoms with van der Waals surface area (Å²) in [6.07, 6.45) is -4.88. The molecular weight excluding hydrogens is 373 g/mol. The molecule has 0 atom stereocenters. The van der Waals surface area contributed by atoms with Crippen LogP contribution in [0.3, 0.4) is 0 Å². The third kappa shape index (κ3) is 5.43. The number of benzene rings is 2. The number of rotatable bonds is 5. The van der Waals surface area contributed by atoms with Crippen molar-refractivity contribution < 1.29 is 27.0 Å². The molecule has 0 aliphatic rings. The van der Waals surface area contributed by atoms with Gasteiger partial charge in [-0.05, 0) is 35.4 Å². The second-order valence-corrected chi connectivity index (χ2v) is 4.88. The Morgan fingerprint density at radius 3 is 2.21 bits per heavy atom. The van der Waals surface area contributed by atoms with Crippen molar-refractivity contribution >= 4 is 24.0 Å². The molecule has 2 rings (SSSR count). The van der Waals surface area contributed by atoms with Crippen molar-refractivity contribution in [1.82, 2.24) is 0 Å². The van der Waals surface area contributed by atoms with E-state index >= 15 is 0 Å². The van der Waals surface area contributed by atoms with Crippen molar-refractivity contribution in [1.29, 1.82) is 0 Å². The molecule has 0 amide bonds. The Labute approximate surface area is 146 Å². The lowest BCUT2D eigenvalue weighted by atomic mass is 10.1. The van der Waals surface area contributed by atoms with E-state index in [2.05, 4.69) is 4.74 Å². The fourth-order valence-corrected chi connectivity index (χ4v) is 1.97. The summed E-state index contributed by atoms with van der Waals surface area (Å²) in [7, 11) is 0. The smallest absolute Gasteiger partial charge is 0.488 e. The van der Waals surface area contributed by atoms with Crippen molar-refractivity contribution in [3.05, 3.63) is 47.2 Å². The summed E-state index contributed by atoms with van der Waals surface area (Å²) in [4.78, 5) is 0. The summed E-state index contributed by atoms with van der Waals surface area (Å²) in [5.41, 5.74) is 5.93. The lowest BCUT2D eigenvalue weighted by molar-refractivity contribution is -0.275. The van der Waals surface area contributed by atoms with Crippen LogP contribution in [0.2, 0.25) is 5.02 Å². The van der Waals surface area contributed by atoms with Gasteiger partial charge in [0.15, 0.2) is 11.5 Å². The van der Waals surface area contributed by atoms with Crippen LogP contribution >= 0.6 is 24.0 Å². The number of halogens is 6. The fourth-order valence-electron chi connectivity index (χ4n) is 1.86. The third-order valence-electron chi connectivity index (χ3n) is 2.80. The second-order valence-electron chi connectivity index (χ2n) is 4.48. The minimum atomic E-state index is -4.88. The molecule has 0 aliphatic carbocycles. The van der Waals surface area contributed by atoms with Gasteiger partial charge in [0.25, 0.3) is 0 Å². The van der Waals surface area contributed by atoms with E-state index in [0.29, 0.717) is 11.1 Å². The van der Waals surface area contributed by atoms with Gasteiger partial charge in [-0.3, -0.25) is 0 Å². The molecule has 9 heteroatoms. The lowest BCUT2D eigenvalue weighted by Crippen LogP contribution is -2.18. The second kappa shape index (κ2) is 8.41. The minimum absolute atomic E-state index is 0. The SMILES string of the molecule is Cl.NCCOc1ccc(-c2ccc(Cl)c(F)c2)cc1OC(F)(F)F. The Balaban J connectivity index is 0.00000288. The van der Waals surface area contributed by atoms with Crippen LogP contribution in [0.15, 0.2) is 36.4 Å². The summed E-state index contributed by atoms with van der Waals surface area (Å²) in [5, 5.41) is -0.0802. The summed E-state index contributed by atoms with van der Waals surface area (Å²) >= 11 is 5.59. The first kappa shape index (κ1) is 20.3. The van der Waals surface area contributed by atoms with Gasteiger partial charge in [-0.15, -0.1) is 25.6 Å². The molecule has 0 heterocycles. The van der Waals surface area contributed by atoms with Gasteiger partial charge in [-0.25, -0.2) is 4.39 Å². The van der Waals surface area contributed by atoms with Gasteiger partial charge in [0.1, 0.15) is 12.4 Å². The predicted molar refractivity (Wildman–Crippen MR) is 85.3 cm³/mol. The summed E-state index contributed by atoms with van der Waals surface area (Å²) in [6.45, 7) is 0.165. The highest BCUT2D eigenvalue weighted by Gasteiger charge is 2.32. The molecule has 2 aromatic rings. The first-order chi connectivity index (χ1) is 10.8. The van der Waals surface area contributed by atoms with Crippen LogP contribution in [-0.2, 0) is 0 Å². The molecule has 24 heavy (non-hydrogen) atoms. The molecule has 0 aliphatic heterocycles. The van der Waals surface area contributed by atoms with Gasteiger partial charge < -0.3 is 15.2 Å². The topological polar surface area (TPSA) is 44.5 Å². The quantitative estimate of drug-likeness (QED) is 0.751. The monoisotopic (exact) mass is 385 g/mol. The maximum Gasteiger partial charge on any atom is 0.573 e. The van der Waals surface area contributed by atoms with E-state index in [1.54, 1.807) is 0 Å². The molecule has 0 aromatic heterocycles. The Kier molecular flexibility index (Phi) is 7.13. The van der Waals surface area contributed by atoms with Crippen LogP contribution < -0.4 is 15.2 Å². The van der Waals surface area contributed by atoms with Gasteiger partial charge in [0, 0.05) is 6.54 Å². The minimum Gasteiger partial charge on any atom is -0.488 e. The zero-order valence-corrected chi connectivity index (χ0v) is 13.6. The Bertz CT molecular complexity index is 696. The largest absolute Gasteiger partial charge is 0.573 e. The Hall–Kier alpha value is -1.70. The standard InChI is InChI=1S/C15H12ClF4NO2.ClH/c16-11-3-1-9(7-12(11)17)10-2-4-13(22-6-5-21)14(8-10)23-15(18,19)20;/h1-4,7-8H,5-6,21H2;1H. The van der Waals surface area contributed by atoms with E-state index in [1.807, 2.05) is 0 Å². The Morgan fingerprint density at radius 2 is 1.62 bits per heavy atom. The van der Waals surface area contributed by atoms with Gasteiger partial charge in [0.2, 0.25) is 0 Å². The van der Waals surface area contributed by atoms with Crippen LogP contribution in [0.1, 0.15) is 0 Å². The number of alkyl halides is 3. The molecule has 0 unspecified atom stereocenters. The van der Waals surface area contributed by atoms with Gasteiger partial charge in [-0.1, -0.05) is 23.7 Å². The van der Waals surface area contributed by atoms with Crippen LogP contribution in [0.5, 0.6) is 11.5 Å². The highest BCUT2D eigenvalue weighted by molar-refractivity contribution is 6.30. The predicted octanol–water partition coefficient (Wildman–Crippen LogP) is 4.80. The summed E-state index contributed by atoms with van der Waals surface area (Å²) in [5.74, 6) is -1.31. The fraction of sp³-hybridized carbons (Fsp3) is 0.200. The van der Waals surface area contributed by atoms with E-state index in [9.17, 15) is 17.6 Å². The van der Waals surface area contributed by atoms with E-state index in [-0.39, 0.29) is 36.3 Å². The average Bonchev–Trinajstić information content (AvgIpc) is 2.47. The lowest BCUT2D eigenvalue weighted by Gasteiger charge is -2.15. The Morgan fingerprint density at radius 1 is 1.00 bits per heavy atom. The van der Waals surface area contributed by atoms with Crippen LogP contribution in [0.4, 0.5) is 17.6 Å². The van der Waals surface area contributed by atoms with E-state index in [1.165, 1.54) is 24.3 Å². The highest BCUT2D eigenvalue weighted by Crippen LogP contribution is 2.36. The number of hydrogen-bond donors (Lipinski definition) is 1. The molecule has 0 fully saturated rings. The average molecular weight is 386 g/mol. The van der Waals surface area contributed by atoms with Crippen LogP contribution in [-0.4, -0.2) is 19.5 Å². The van der Waals surface area contributed by atoms with Crippen LogP contribution in [0.25, 0.3) is 11.1 Å². The molecule has 0 radical (unpaired) electrons. The first-order valence-corrected chi connectivity index (χ1v) is 6.86. The van der Waals surface area contributed by atoms with E-state index in [0.717, 1.165) is 12.1 Å². The normalized spacial score (nSPS) is 10.9. The van der Waals surface area contributed by atoms with E-state index < -0.39 is 17.9 Å². The molecule has 0 bridgehead atoms. The molecule has 0 spiro atoms. The van der Waals surface area contributed by atoms with Gasteiger partial charge in [-0.2, -0.15) is 0 Å². The molecule has 0 saturated carbocycles.